The van der Waals surface area contributed by atoms with Gasteiger partial charge in [0.15, 0.2) is 0 Å². The SMILES string of the molecule is NC(=O)c1ccc(Cc2ccc3c(c2)NC(=O)N[C@]3(C#CC2CC2)C(F)(F)F)cc1. The minimum absolute atomic E-state index is 0.0536. The molecule has 0 saturated heterocycles. The normalized spacial score (nSPS) is 20.3. The van der Waals surface area contributed by atoms with Gasteiger partial charge in [0.2, 0.25) is 11.4 Å². The Morgan fingerprint density at radius 1 is 1.13 bits per heavy atom. The molecule has 4 rings (SSSR count). The first kappa shape index (κ1) is 19.8. The number of urea groups is 1. The van der Waals surface area contributed by atoms with Crippen LogP contribution >= 0.6 is 0 Å². The van der Waals surface area contributed by atoms with Gasteiger partial charge in [0.1, 0.15) is 0 Å². The fourth-order valence-electron chi connectivity index (χ4n) is 3.38. The van der Waals surface area contributed by atoms with Crippen molar-refractivity contribution in [2.45, 2.75) is 31.0 Å². The van der Waals surface area contributed by atoms with Gasteiger partial charge in [-0.3, -0.25) is 4.79 Å². The average Bonchev–Trinajstić information content (AvgIpc) is 3.49. The van der Waals surface area contributed by atoms with Crippen molar-refractivity contribution < 1.29 is 22.8 Å². The molecule has 1 heterocycles. The molecule has 154 valence electrons. The van der Waals surface area contributed by atoms with Crippen LogP contribution in [0.15, 0.2) is 42.5 Å². The van der Waals surface area contributed by atoms with Crippen molar-refractivity contribution in [3.63, 3.8) is 0 Å². The van der Waals surface area contributed by atoms with Crippen LogP contribution in [0.3, 0.4) is 0 Å². The van der Waals surface area contributed by atoms with E-state index in [-0.39, 0.29) is 17.2 Å². The maximum absolute atomic E-state index is 14.1. The minimum atomic E-state index is -4.78. The van der Waals surface area contributed by atoms with Gasteiger partial charge in [-0.05, 0) is 48.6 Å². The van der Waals surface area contributed by atoms with Gasteiger partial charge in [-0.2, -0.15) is 13.2 Å². The number of carbonyl (C=O) groups is 2. The summed E-state index contributed by atoms with van der Waals surface area (Å²) in [6.45, 7) is 0. The largest absolute Gasteiger partial charge is 0.427 e. The van der Waals surface area contributed by atoms with Crippen molar-refractivity contribution in [2.75, 3.05) is 5.32 Å². The molecule has 1 atom stereocenters. The quantitative estimate of drug-likeness (QED) is 0.671. The summed E-state index contributed by atoms with van der Waals surface area (Å²) in [5.41, 5.74) is 4.34. The highest BCUT2D eigenvalue weighted by atomic mass is 19.4. The van der Waals surface area contributed by atoms with E-state index < -0.39 is 23.7 Å². The van der Waals surface area contributed by atoms with Crippen LogP contribution in [-0.2, 0) is 12.0 Å². The first-order valence-corrected chi connectivity index (χ1v) is 9.39. The van der Waals surface area contributed by atoms with Crippen LogP contribution in [0.1, 0.15) is 39.9 Å². The number of fused-ring (bicyclic) bond motifs is 1. The zero-order valence-electron chi connectivity index (χ0n) is 15.8. The predicted molar refractivity (Wildman–Crippen MR) is 105 cm³/mol. The van der Waals surface area contributed by atoms with Crippen LogP contribution in [0, 0.1) is 17.8 Å². The summed E-state index contributed by atoms with van der Waals surface area (Å²) < 4.78 is 42.3. The van der Waals surface area contributed by atoms with E-state index in [4.69, 9.17) is 5.73 Å². The molecule has 2 aromatic carbocycles. The van der Waals surface area contributed by atoms with Crippen molar-refractivity contribution in [2.24, 2.45) is 11.7 Å². The zero-order chi connectivity index (χ0) is 21.5. The van der Waals surface area contributed by atoms with E-state index in [2.05, 4.69) is 17.2 Å². The molecule has 5 nitrogen and oxygen atoms in total. The fraction of sp³-hybridized carbons (Fsp3) is 0.273. The van der Waals surface area contributed by atoms with E-state index in [9.17, 15) is 22.8 Å². The third kappa shape index (κ3) is 3.71. The lowest BCUT2D eigenvalue weighted by Gasteiger charge is -2.37. The number of hydrogen-bond acceptors (Lipinski definition) is 2. The third-order valence-electron chi connectivity index (χ3n) is 5.15. The number of alkyl halides is 3. The Hall–Kier alpha value is -3.47. The van der Waals surface area contributed by atoms with Crippen LogP contribution in [0.4, 0.5) is 23.7 Å². The lowest BCUT2D eigenvalue weighted by atomic mass is 9.85. The maximum Gasteiger partial charge on any atom is 0.427 e. The molecule has 4 N–H and O–H groups in total. The van der Waals surface area contributed by atoms with Gasteiger partial charge >= 0.3 is 12.2 Å². The second-order valence-electron chi connectivity index (χ2n) is 7.49. The van der Waals surface area contributed by atoms with E-state index in [0.29, 0.717) is 17.5 Å². The summed E-state index contributed by atoms with van der Waals surface area (Å²) in [6.07, 6.45) is -2.84. The number of carbonyl (C=O) groups excluding carboxylic acids is 2. The lowest BCUT2D eigenvalue weighted by Crippen LogP contribution is -2.59. The maximum atomic E-state index is 14.1. The highest BCUT2D eigenvalue weighted by Gasteiger charge is 2.59. The Morgan fingerprint density at radius 2 is 1.80 bits per heavy atom. The monoisotopic (exact) mass is 413 g/mol. The molecule has 0 aromatic heterocycles. The fourth-order valence-corrected chi connectivity index (χ4v) is 3.38. The Kier molecular flexibility index (Phi) is 4.69. The molecule has 8 heteroatoms. The average molecular weight is 413 g/mol. The summed E-state index contributed by atoms with van der Waals surface area (Å²) in [4.78, 5) is 23.3. The summed E-state index contributed by atoms with van der Waals surface area (Å²) in [6, 6.07) is 10.1. The number of hydrogen-bond donors (Lipinski definition) is 3. The highest BCUT2D eigenvalue weighted by molar-refractivity contribution is 5.95. The molecule has 0 bridgehead atoms. The van der Waals surface area contributed by atoms with Gasteiger partial charge in [0.25, 0.3) is 0 Å². The molecule has 0 unspecified atom stereocenters. The summed E-state index contributed by atoms with van der Waals surface area (Å²) in [5, 5.41) is 4.46. The first-order chi connectivity index (χ1) is 14.2. The van der Waals surface area contributed by atoms with Crippen LogP contribution in [0.5, 0.6) is 0 Å². The van der Waals surface area contributed by atoms with E-state index in [1.54, 1.807) is 30.3 Å². The summed E-state index contributed by atoms with van der Waals surface area (Å²) in [5.74, 6) is 4.38. The molecule has 0 radical (unpaired) electrons. The molecule has 3 amide bonds. The number of rotatable bonds is 3. The van der Waals surface area contributed by atoms with E-state index in [1.807, 2.05) is 5.32 Å². The van der Waals surface area contributed by atoms with E-state index in [1.165, 1.54) is 12.1 Å². The minimum Gasteiger partial charge on any atom is -0.366 e. The number of anilines is 1. The predicted octanol–water partition coefficient (Wildman–Crippen LogP) is 3.68. The van der Waals surface area contributed by atoms with E-state index in [0.717, 1.165) is 18.4 Å². The van der Waals surface area contributed by atoms with Gasteiger partial charge < -0.3 is 16.4 Å². The molecule has 1 aliphatic heterocycles. The number of primary amides is 1. The second-order valence-corrected chi connectivity index (χ2v) is 7.49. The molecule has 1 aliphatic carbocycles. The number of halogens is 3. The van der Waals surface area contributed by atoms with Gasteiger partial charge in [0, 0.05) is 22.7 Å². The van der Waals surface area contributed by atoms with Crippen LogP contribution in [-0.4, -0.2) is 18.1 Å². The molecule has 2 aromatic rings. The van der Waals surface area contributed by atoms with Gasteiger partial charge in [-0.25, -0.2) is 4.79 Å². The first-order valence-electron chi connectivity index (χ1n) is 9.39. The van der Waals surface area contributed by atoms with Gasteiger partial charge in [-0.15, -0.1) is 0 Å². The molecule has 30 heavy (non-hydrogen) atoms. The van der Waals surface area contributed by atoms with Crippen LogP contribution in [0.25, 0.3) is 0 Å². The van der Waals surface area contributed by atoms with Crippen molar-refractivity contribution in [1.29, 1.82) is 0 Å². The molecule has 1 fully saturated rings. The van der Waals surface area contributed by atoms with Crippen LogP contribution < -0.4 is 16.4 Å². The van der Waals surface area contributed by atoms with Crippen molar-refractivity contribution in [3.8, 4) is 11.8 Å². The molecular formula is C22H18F3N3O2. The van der Waals surface area contributed by atoms with Crippen molar-refractivity contribution in [3.05, 3.63) is 64.7 Å². The summed E-state index contributed by atoms with van der Waals surface area (Å²) >= 11 is 0. The second kappa shape index (κ2) is 7.10. The Balaban J connectivity index is 1.70. The lowest BCUT2D eigenvalue weighted by molar-refractivity contribution is -0.178. The number of nitrogens with two attached hydrogens (primary N) is 1. The van der Waals surface area contributed by atoms with Crippen molar-refractivity contribution in [1.82, 2.24) is 5.32 Å². The van der Waals surface area contributed by atoms with Crippen LogP contribution in [0.2, 0.25) is 0 Å². The van der Waals surface area contributed by atoms with E-state index >= 15 is 0 Å². The van der Waals surface area contributed by atoms with Crippen molar-refractivity contribution >= 4 is 17.6 Å². The Bertz CT molecular complexity index is 1080. The highest BCUT2D eigenvalue weighted by Crippen LogP contribution is 2.44. The molecule has 1 saturated carbocycles. The topological polar surface area (TPSA) is 84.2 Å². The number of nitrogens with one attached hydrogen (secondary N) is 2. The van der Waals surface area contributed by atoms with Gasteiger partial charge in [0.05, 0.1) is 0 Å². The third-order valence-corrected chi connectivity index (χ3v) is 5.15. The molecule has 2 aliphatic rings. The summed E-state index contributed by atoms with van der Waals surface area (Å²) in [7, 11) is 0. The number of benzene rings is 2. The Labute approximate surface area is 170 Å². The molecule has 0 spiro atoms. The standard InChI is InChI=1S/C22H18F3N3O2/c23-22(24,25)21(10-9-13-1-2-13)17-8-5-15(12-18(17)27-20(30)28-21)11-14-3-6-16(7-4-14)19(26)29/h3-8,12-13H,1-2,11H2,(H2,26,29)(H2,27,28,30)/t21-/m0/s1. The number of amides is 3. The van der Waals surface area contributed by atoms with Gasteiger partial charge in [-0.1, -0.05) is 36.1 Å². The smallest absolute Gasteiger partial charge is 0.366 e. The zero-order valence-corrected chi connectivity index (χ0v) is 15.8. The molecular weight excluding hydrogens is 395 g/mol. The Morgan fingerprint density at radius 3 is 2.40 bits per heavy atom.